The van der Waals surface area contributed by atoms with E-state index >= 15 is 0 Å². The molecule has 0 aromatic carbocycles. The van der Waals surface area contributed by atoms with Gasteiger partial charge in [0.05, 0.1) is 32.0 Å². The SMILES string of the molecule is O=C(CN1CCN(CC(O)COCC2CCCO2)CC1)N1CCCC1. The average Bonchev–Trinajstić information content (AvgIpc) is 3.30. The smallest absolute Gasteiger partial charge is 0.236 e. The minimum absolute atomic E-state index is 0.212. The first-order valence-electron chi connectivity index (χ1n) is 9.80. The van der Waals surface area contributed by atoms with Crippen LogP contribution in [0.25, 0.3) is 0 Å². The van der Waals surface area contributed by atoms with Crippen molar-refractivity contribution in [3.05, 3.63) is 0 Å². The Morgan fingerprint density at radius 1 is 1.08 bits per heavy atom. The molecule has 7 heteroatoms. The van der Waals surface area contributed by atoms with Gasteiger partial charge in [0.1, 0.15) is 0 Å². The lowest BCUT2D eigenvalue weighted by Crippen LogP contribution is -2.51. The van der Waals surface area contributed by atoms with Crippen molar-refractivity contribution in [3.63, 3.8) is 0 Å². The van der Waals surface area contributed by atoms with Crippen LogP contribution in [0.3, 0.4) is 0 Å². The maximum absolute atomic E-state index is 12.2. The first-order chi connectivity index (χ1) is 12.2. The van der Waals surface area contributed by atoms with Crippen molar-refractivity contribution in [2.24, 2.45) is 0 Å². The van der Waals surface area contributed by atoms with Gasteiger partial charge in [-0.2, -0.15) is 0 Å². The molecule has 0 saturated carbocycles. The fourth-order valence-corrected chi connectivity index (χ4v) is 3.85. The number of nitrogens with zero attached hydrogens (tertiary/aromatic N) is 3. The normalized spacial score (nSPS) is 27.1. The Morgan fingerprint density at radius 2 is 1.80 bits per heavy atom. The molecule has 3 aliphatic heterocycles. The first-order valence-corrected chi connectivity index (χ1v) is 9.80. The fourth-order valence-electron chi connectivity index (χ4n) is 3.85. The predicted molar refractivity (Wildman–Crippen MR) is 94.5 cm³/mol. The molecule has 25 heavy (non-hydrogen) atoms. The monoisotopic (exact) mass is 355 g/mol. The van der Waals surface area contributed by atoms with Gasteiger partial charge in [0.25, 0.3) is 0 Å². The van der Waals surface area contributed by atoms with Crippen molar-refractivity contribution in [1.82, 2.24) is 14.7 Å². The zero-order chi connectivity index (χ0) is 17.5. The number of carbonyl (C=O) groups is 1. The van der Waals surface area contributed by atoms with Crippen LogP contribution in [0.4, 0.5) is 0 Å². The predicted octanol–water partition coefficient (Wildman–Crippen LogP) is -0.217. The number of aliphatic hydroxyl groups excluding tert-OH is 1. The third-order valence-corrected chi connectivity index (χ3v) is 5.39. The van der Waals surface area contributed by atoms with Crippen molar-refractivity contribution in [1.29, 1.82) is 0 Å². The van der Waals surface area contributed by atoms with Crippen molar-refractivity contribution in [2.45, 2.75) is 37.9 Å². The van der Waals surface area contributed by atoms with Crippen molar-refractivity contribution < 1.29 is 19.4 Å². The van der Waals surface area contributed by atoms with E-state index in [0.29, 0.717) is 26.3 Å². The zero-order valence-corrected chi connectivity index (χ0v) is 15.3. The molecule has 0 aromatic rings. The van der Waals surface area contributed by atoms with E-state index in [4.69, 9.17) is 9.47 Å². The third-order valence-electron chi connectivity index (χ3n) is 5.39. The molecule has 0 bridgehead atoms. The largest absolute Gasteiger partial charge is 0.389 e. The lowest BCUT2D eigenvalue weighted by atomic mass is 10.2. The van der Waals surface area contributed by atoms with E-state index in [9.17, 15) is 9.90 Å². The van der Waals surface area contributed by atoms with E-state index in [1.807, 2.05) is 4.90 Å². The molecule has 3 rings (SSSR count). The summed E-state index contributed by atoms with van der Waals surface area (Å²) in [7, 11) is 0. The quantitative estimate of drug-likeness (QED) is 0.650. The highest BCUT2D eigenvalue weighted by Crippen LogP contribution is 2.12. The molecule has 2 atom stereocenters. The van der Waals surface area contributed by atoms with Gasteiger partial charge in [-0.3, -0.25) is 14.6 Å². The molecule has 0 aliphatic carbocycles. The van der Waals surface area contributed by atoms with E-state index in [1.165, 1.54) is 0 Å². The Bertz CT molecular complexity index is 403. The topological polar surface area (TPSA) is 65.5 Å². The van der Waals surface area contributed by atoms with Gasteiger partial charge in [0.2, 0.25) is 5.91 Å². The molecule has 0 spiro atoms. The zero-order valence-electron chi connectivity index (χ0n) is 15.3. The number of hydrogen-bond acceptors (Lipinski definition) is 6. The molecule has 1 amide bonds. The highest BCUT2D eigenvalue weighted by atomic mass is 16.5. The van der Waals surface area contributed by atoms with Crippen LogP contribution in [0.15, 0.2) is 0 Å². The molecule has 0 aromatic heterocycles. The number of amides is 1. The lowest BCUT2D eigenvalue weighted by Gasteiger charge is -2.35. The van der Waals surface area contributed by atoms with Gasteiger partial charge in [0, 0.05) is 52.4 Å². The highest BCUT2D eigenvalue weighted by Gasteiger charge is 2.24. The number of rotatable bonds is 8. The summed E-state index contributed by atoms with van der Waals surface area (Å²) in [6.07, 6.45) is 4.22. The van der Waals surface area contributed by atoms with Crippen LogP contribution in [0.1, 0.15) is 25.7 Å². The van der Waals surface area contributed by atoms with Gasteiger partial charge in [-0.05, 0) is 25.7 Å². The molecular weight excluding hydrogens is 322 g/mol. The maximum Gasteiger partial charge on any atom is 0.236 e. The number of piperazine rings is 1. The molecule has 1 N–H and O–H groups in total. The van der Waals surface area contributed by atoms with Gasteiger partial charge in [0.15, 0.2) is 0 Å². The number of aliphatic hydroxyl groups is 1. The van der Waals surface area contributed by atoms with E-state index in [-0.39, 0.29) is 12.0 Å². The molecule has 144 valence electrons. The Labute approximate surface area is 150 Å². The Kier molecular flexibility index (Phi) is 7.49. The van der Waals surface area contributed by atoms with Gasteiger partial charge in [-0.1, -0.05) is 0 Å². The maximum atomic E-state index is 12.2. The van der Waals surface area contributed by atoms with Crippen molar-refractivity contribution >= 4 is 5.91 Å². The summed E-state index contributed by atoms with van der Waals surface area (Å²) in [4.78, 5) is 18.7. The van der Waals surface area contributed by atoms with E-state index in [2.05, 4.69) is 9.80 Å². The van der Waals surface area contributed by atoms with Crippen molar-refractivity contribution in [2.75, 3.05) is 72.2 Å². The number of carbonyl (C=O) groups excluding carboxylic acids is 1. The minimum Gasteiger partial charge on any atom is -0.389 e. The van der Waals surface area contributed by atoms with Gasteiger partial charge in [-0.25, -0.2) is 0 Å². The standard InChI is InChI=1S/C18H33N3O4/c22-16(14-24-15-17-4-3-11-25-17)12-19-7-9-20(10-8-19)13-18(23)21-5-1-2-6-21/h16-17,22H,1-15H2. The van der Waals surface area contributed by atoms with Crippen molar-refractivity contribution in [3.8, 4) is 0 Å². The summed E-state index contributed by atoms with van der Waals surface area (Å²) >= 11 is 0. The van der Waals surface area contributed by atoms with Crippen LogP contribution < -0.4 is 0 Å². The minimum atomic E-state index is -0.459. The molecule has 3 aliphatic rings. The van der Waals surface area contributed by atoms with E-state index in [0.717, 1.165) is 71.6 Å². The Balaban J connectivity index is 1.26. The van der Waals surface area contributed by atoms with Crippen LogP contribution in [0, 0.1) is 0 Å². The molecule has 3 heterocycles. The van der Waals surface area contributed by atoms with Crippen LogP contribution in [-0.2, 0) is 14.3 Å². The second-order valence-corrected chi connectivity index (χ2v) is 7.49. The second kappa shape index (κ2) is 9.83. The molecule has 2 unspecified atom stereocenters. The fraction of sp³-hybridized carbons (Fsp3) is 0.944. The van der Waals surface area contributed by atoms with Crippen LogP contribution in [-0.4, -0.2) is 110 Å². The summed E-state index contributed by atoms with van der Waals surface area (Å²) in [5.74, 6) is 0.272. The summed E-state index contributed by atoms with van der Waals surface area (Å²) in [6.45, 7) is 8.41. The van der Waals surface area contributed by atoms with E-state index < -0.39 is 6.10 Å². The average molecular weight is 355 g/mol. The summed E-state index contributed by atoms with van der Waals surface area (Å²) < 4.78 is 11.1. The van der Waals surface area contributed by atoms with Gasteiger partial charge in [-0.15, -0.1) is 0 Å². The third kappa shape index (κ3) is 6.18. The van der Waals surface area contributed by atoms with E-state index in [1.54, 1.807) is 0 Å². The second-order valence-electron chi connectivity index (χ2n) is 7.49. The molecule has 7 nitrogen and oxygen atoms in total. The Hall–Kier alpha value is -0.730. The van der Waals surface area contributed by atoms with Crippen LogP contribution in [0.5, 0.6) is 0 Å². The molecule has 3 saturated heterocycles. The molecule has 0 radical (unpaired) electrons. The van der Waals surface area contributed by atoms with Crippen LogP contribution >= 0.6 is 0 Å². The van der Waals surface area contributed by atoms with Crippen LogP contribution in [0.2, 0.25) is 0 Å². The molecule has 3 fully saturated rings. The van der Waals surface area contributed by atoms with Gasteiger partial charge >= 0.3 is 0 Å². The Morgan fingerprint density at radius 3 is 2.48 bits per heavy atom. The summed E-state index contributed by atoms with van der Waals surface area (Å²) in [5, 5.41) is 10.1. The summed E-state index contributed by atoms with van der Waals surface area (Å²) in [6, 6.07) is 0. The molecular formula is C18H33N3O4. The lowest BCUT2D eigenvalue weighted by molar-refractivity contribution is -0.131. The number of likely N-dealkylation sites (tertiary alicyclic amines) is 1. The van der Waals surface area contributed by atoms with Gasteiger partial charge < -0.3 is 19.5 Å². The highest BCUT2D eigenvalue weighted by molar-refractivity contribution is 5.78. The number of hydrogen-bond donors (Lipinski definition) is 1. The summed E-state index contributed by atoms with van der Waals surface area (Å²) in [5.41, 5.74) is 0. The first kappa shape index (κ1) is 19.0. The number of ether oxygens (including phenoxy) is 2. The number of β-amino-alcohol motifs (C(OH)–C–C–N with tert-alkyl or cyclic N) is 1.